The maximum Gasteiger partial charge on any atom is 0.220 e. The number of nitrogen functional groups attached to an aromatic ring is 1. The Balaban J connectivity index is 1.69. The van der Waals surface area contributed by atoms with E-state index in [9.17, 15) is 0 Å². The van der Waals surface area contributed by atoms with E-state index in [4.69, 9.17) is 5.73 Å². The molecule has 0 fully saturated rings. The van der Waals surface area contributed by atoms with Crippen LogP contribution in [0.5, 0.6) is 0 Å². The van der Waals surface area contributed by atoms with Crippen LogP contribution in [0.2, 0.25) is 0 Å². The summed E-state index contributed by atoms with van der Waals surface area (Å²) in [4.78, 5) is 18.3. The van der Waals surface area contributed by atoms with E-state index in [1.54, 1.807) is 6.20 Å². The molecule has 1 aromatic carbocycles. The third-order valence-corrected chi connectivity index (χ3v) is 4.49. The van der Waals surface area contributed by atoms with Crippen LogP contribution < -0.4 is 10.6 Å². The summed E-state index contributed by atoms with van der Waals surface area (Å²) < 4.78 is 0. The minimum atomic E-state index is 0.264. The van der Waals surface area contributed by atoms with Gasteiger partial charge in [0.2, 0.25) is 5.95 Å². The van der Waals surface area contributed by atoms with Crippen LogP contribution in [0.4, 0.5) is 11.6 Å². The number of aromatic nitrogens is 4. The van der Waals surface area contributed by atoms with Crippen molar-refractivity contribution in [1.29, 1.82) is 0 Å². The Labute approximate surface area is 151 Å². The molecule has 0 spiro atoms. The van der Waals surface area contributed by atoms with Crippen molar-refractivity contribution in [2.75, 3.05) is 24.2 Å². The highest BCUT2D eigenvalue weighted by Gasteiger charge is 2.15. The Morgan fingerprint density at radius 3 is 2.65 bits per heavy atom. The summed E-state index contributed by atoms with van der Waals surface area (Å²) >= 11 is 0. The highest BCUT2D eigenvalue weighted by Crippen LogP contribution is 2.33. The number of anilines is 2. The number of nitrogens with two attached hydrogens (primary N) is 1. The van der Waals surface area contributed by atoms with Crippen molar-refractivity contribution in [2.45, 2.75) is 6.42 Å². The first-order valence-electron chi connectivity index (χ1n) is 8.52. The van der Waals surface area contributed by atoms with Gasteiger partial charge in [0.25, 0.3) is 0 Å². The molecule has 6 heteroatoms. The molecule has 0 aliphatic heterocycles. The largest absolute Gasteiger partial charge is 0.374 e. The molecule has 0 aliphatic carbocycles. The maximum atomic E-state index is 5.76. The van der Waals surface area contributed by atoms with E-state index in [0.29, 0.717) is 0 Å². The van der Waals surface area contributed by atoms with Crippen LogP contribution in [0, 0.1) is 0 Å². The number of rotatable bonds is 5. The molecule has 0 aliphatic rings. The van der Waals surface area contributed by atoms with E-state index >= 15 is 0 Å². The topological polar surface area (TPSA) is 83.7 Å². The van der Waals surface area contributed by atoms with Gasteiger partial charge >= 0.3 is 0 Å². The summed E-state index contributed by atoms with van der Waals surface area (Å²) in [5, 5.41) is 1.04. The Hall–Kier alpha value is -3.41. The van der Waals surface area contributed by atoms with Crippen molar-refractivity contribution in [2.24, 2.45) is 0 Å². The van der Waals surface area contributed by atoms with Crippen molar-refractivity contribution in [3.8, 4) is 11.3 Å². The Morgan fingerprint density at radius 1 is 1.04 bits per heavy atom. The number of likely N-dealkylation sites (N-methyl/N-ethyl adjacent to an activating group) is 1. The Morgan fingerprint density at radius 2 is 1.85 bits per heavy atom. The van der Waals surface area contributed by atoms with Gasteiger partial charge in [0, 0.05) is 43.4 Å². The molecule has 3 heterocycles. The third-order valence-electron chi connectivity index (χ3n) is 4.49. The number of fused-ring (bicyclic) bond motifs is 1. The van der Waals surface area contributed by atoms with Gasteiger partial charge < -0.3 is 15.6 Å². The number of nitrogens with zero attached hydrogens (tertiary/aromatic N) is 4. The molecule has 4 rings (SSSR count). The summed E-state index contributed by atoms with van der Waals surface area (Å²) in [6, 6.07) is 14.4. The summed E-state index contributed by atoms with van der Waals surface area (Å²) in [5.41, 5.74) is 10.8. The lowest BCUT2D eigenvalue weighted by molar-refractivity contribution is 0.879. The Kier molecular flexibility index (Phi) is 4.23. The molecule has 6 nitrogen and oxygen atoms in total. The van der Waals surface area contributed by atoms with Crippen molar-refractivity contribution in [3.05, 3.63) is 66.6 Å². The highest BCUT2D eigenvalue weighted by molar-refractivity contribution is 6.01. The predicted molar refractivity (Wildman–Crippen MR) is 105 cm³/mol. The van der Waals surface area contributed by atoms with Gasteiger partial charge in [-0.15, -0.1) is 0 Å². The number of benzene rings is 1. The van der Waals surface area contributed by atoms with E-state index in [-0.39, 0.29) is 5.95 Å². The normalized spacial score (nSPS) is 11.0. The van der Waals surface area contributed by atoms with E-state index in [0.717, 1.165) is 40.9 Å². The van der Waals surface area contributed by atoms with E-state index in [2.05, 4.69) is 56.1 Å². The molecule has 3 aromatic heterocycles. The zero-order valence-electron chi connectivity index (χ0n) is 14.6. The van der Waals surface area contributed by atoms with Gasteiger partial charge in [0.05, 0.1) is 11.1 Å². The van der Waals surface area contributed by atoms with Crippen LogP contribution in [-0.2, 0) is 6.42 Å². The molecule has 0 atom stereocenters. The number of pyridine rings is 1. The van der Waals surface area contributed by atoms with Crippen molar-refractivity contribution >= 4 is 22.7 Å². The smallest absolute Gasteiger partial charge is 0.220 e. The molecule has 0 radical (unpaired) electrons. The first-order chi connectivity index (χ1) is 12.7. The number of nitrogens with one attached hydrogen (secondary N) is 1. The molecule has 0 saturated carbocycles. The molecule has 130 valence electrons. The maximum absolute atomic E-state index is 5.76. The van der Waals surface area contributed by atoms with Gasteiger partial charge in [-0.05, 0) is 24.1 Å². The monoisotopic (exact) mass is 344 g/mol. The predicted octanol–water partition coefficient (Wildman–Crippen LogP) is 3.28. The molecule has 0 saturated heterocycles. The first kappa shape index (κ1) is 16.1. The number of aromatic amines is 1. The summed E-state index contributed by atoms with van der Waals surface area (Å²) in [5.74, 6) is 0.264. The van der Waals surface area contributed by atoms with Gasteiger partial charge in [-0.1, -0.05) is 30.3 Å². The second-order valence-electron chi connectivity index (χ2n) is 6.21. The van der Waals surface area contributed by atoms with Crippen LogP contribution in [-0.4, -0.2) is 33.5 Å². The fourth-order valence-corrected chi connectivity index (χ4v) is 3.15. The molecular weight excluding hydrogens is 324 g/mol. The van der Waals surface area contributed by atoms with Crippen LogP contribution >= 0.6 is 0 Å². The molecule has 0 unspecified atom stereocenters. The lowest BCUT2D eigenvalue weighted by Gasteiger charge is -2.20. The van der Waals surface area contributed by atoms with Crippen LogP contribution in [0.15, 0.2) is 61.1 Å². The first-order valence-corrected chi connectivity index (χ1v) is 8.52. The SMILES string of the molecule is CN(CCc1ccccc1)c1ccnc2[nH]cc(-c3ccnc(N)n3)c12. The van der Waals surface area contributed by atoms with Gasteiger partial charge in [-0.2, -0.15) is 0 Å². The molecule has 3 N–H and O–H groups in total. The standard InChI is InChI=1S/C20H20N6/c1-26(12-9-14-5-3-2-4-6-14)17-8-11-22-19-18(17)15(13-24-19)16-7-10-23-20(21)25-16/h2-8,10-11,13H,9,12H2,1H3,(H,22,24)(H2,21,23,25). The second-order valence-corrected chi connectivity index (χ2v) is 6.21. The highest BCUT2D eigenvalue weighted by atomic mass is 15.1. The van der Waals surface area contributed by atoms with E-state index in [1.807, 2.05) is 30.6 Å². The minimum Gasteiger partial charge on any atom is -0.374 e. The summed E-state index contributed by atoms with van der Waals surface area (Å²) in [7, 11) is 2.10. The molecule has 4 aromatic rings. The van der Waals surface area contributed by atoms with Crippen LogP contribution in [0.1, 0.15) is 5.56 Å². The third kappa shape index (κ3) is 3.09. The van der Waals surface area contributed by atoms with Gasteiger partial charge in [0.15, 0.2) is 0 Å². The molecule has 0 amide bonds. The average molecular weight is 344 g/mol. The van der Waals surface area contributed by atoms with Gasteiger partial charge in [-0.3, -0.25) is 0 Å². The summed E-state index contributed by atoms with van der Waals surface area (Å²) in [6.07, 6.45) is 6.40. The lowest BCUT2D eigenvalue weighted by atomic mass is 10.1. The molecule has 26 heavy (non-hydrogen) atoms. The average Bonchev–Trinajstić information content (AvgIpc) is 3.11. The van der Waals surface area contributed by atoms with Crippen molar-refractivity contribution in [1.82, 2.24) is 19.9 Å². The second kappa shape index (κ2) is 6.84. The minimum absolute atomic E-state index is 0.264. The zero-order chi connectivity index (χ0) is 17.9. The lowest BCUT2D eigenvalue weighted by Crippen LogP contribution is -2.20. The van der Waals surface area contributed by atoms with Gasteiger partial charge in [0.1, 0.15) is 5.65 Å². The van der Waals surface area contributed by atoms with Crippen LogP contribution in [0.25, 0.3) is 22.3 Å². The summed E-state index contributed by atoms with van der Waals surface area (Å²) in [6.45, 7) is 0.902. The van der Waals surface area contributed by atoms with Crippen molar-refractivity contribution < 1.29 is 0 Å². The number of hydrogen-bond acceptors (Lipinski definition) is 5. The van der Waals surface area contributed by atoms with E-state index in [1.165, 1.54) is 5.56 Å². The molecular formula is C20H20N6. The quantitative estimate of drug-likeness (QED) is 0.580. The fourth-order valence-electron chi connectivity index (χ4n) is 3.15. The molecule has 0 bridgehead atoms. The van der Waals surface area contributed by atoms with Crippen molar-refractivity contribution in [3.63, 3.8) is 0 Å². The number of H-pyrrole nitrogens is 1. The van der Waals surface area contributed by atoms with Crippen LogP contribution in [0.3, 0.4) is 0 Å². The fraction of sp³-hybridized carbons (Fsp3) is 0.150. The zero-order valence-corrected chi connectivity index (χ0v) is 14.6. The van der Waals surface area contributed by atoms with Gasteiger partial charge in [-0.25, -0.2) is 15.0 Å². The Bertz CT molecular complexity index is 1020. The van der Waals surface area contributed by atoms with E-state index < -0.39 is 0 Å². The number of hydrogen-bond donors (Lipinski definition) is 2.